The number of epoxide rings is 1. The van der Waals surface area contributed by atoms with Crippen molar-refractivity contribution in [3.05, 3.63) is 70.8 Å². The van der Waals surface area contributed by atoms with Crippen LogP contribution in [0.25, 0.3) is 0 Å². The lowest BCUT2D eigenvalue weighted by atomic mass is 9.87. The molecule has 1 atom stereocenters. The molecule has 0 aromatic heterocycles. The summed E-state index contributed by atoms with van der Waals surface area (Å²) in [5, 5.41) is 0. The van der Waals surface area contributed by atoms with Crippen LogP contribution in [0.15, 0.2) is 48.5 Å². The summed E-state index contributed by atoms with van der Waals surface area (Å²) in [5.41, 5.74) is 3.69. The molecule has 4 rings (SSSR count). The minimum atomic E-state index is -0.715. The first kappa shape index (κ1) is 17.3. The van der Waals surface area contributed by atoms with Gasteiger partial charge in [-0.15, -0.1) is 0 Å². The largest absolute Gasteiger partial charge is 0.460 e. The van der Waals surface area contributed by atoms with Crippen molar-refractivity contribution < 1.29 is 14.3 Å². The van der Waals surface area contributed by atoms with Crippen LogP contribution in [0.4, 0.5) is 0 Å². The van der Waals surface area contributed by atoms with Crippen LogP contribution < -0.4 is 0 Å². The predicted octanol–water partition coefficient (Wildman–Crippen LogP) is 4.82. The van der Waals surface area contributed by atoms with Gasteiger partial charge >= 0.3 is 5.97 Å². The third kappa shape index (κ3) is 3.16. The summed E-state index contributed by atoms with van der Waals surface area (Å²) in [6, 6.07) is 16.5. The van der Waals surface area contributed by atoms with Gasteiger partial charge in [-0.25, -0.2) is 4.79 Å². The fourth-order valence-electron chi connectivity index (χ4n) is 3.98. The molecule has 2 aromatic carbocycles. The lowest BCUT2D eigenvalue weighted by Crippen LogP contribution is -2.27. The zero-order chi connectivity index (χ0) is 18.1. The van der Waals surface area contributed by atoms with E-state index in [0.29, 0.717) is 0 Å². The number of benzene rings is 2. The highest BCUT2D eigenvalue weighted by atomic mass is 16.7. The van der Waals surface area contributed by atoms with Crippen LogP contribution in [0, 0.1) is 13.8 Å². The number of hydrogen-bond acceptors (Lipinski definition) is 3. The Labute approximate surface area is 155 Å². The first-order valence-electron chi connectivity index (χ1n) is 9.62. The van der Waals surface area contributed by atoms with E-state index in [4.69, 9.17) is 9.47 Å². The normalized spacial score (nSPS) is 22.0. The van der Waals surface area contributed by atoms with Crippen molar-refractivity contribution in [2.24, 2.45) is 0 Å². The molecule has 3 heteroatoms. The van der Waals surface area contributed by atoms with E-state index in [1.165, 1.54) is 17.5 Å². The summed E-state index contributed by atoms with van der Waals surface area (Å²) in [7, 11) is 0. The average Bonchev–Trinajstić information content (AvgIpc) is 3.41. The lowest BCUT2D eigenvalue weighted by molar-refractivity contribution is -0.152. The molecule has 0 amide bonds. The van der Waals surface area contributed by atoms with Crippen LogP contribution in [0.3, 0.4) is 0 Å². The number of ether oxygens (including phenoxy) is 2. The van der Waals surface area contributed by atoms with Gasteiger partial charge in [-0.05, 0) is 50.7 Å². The van der Waals surface area contributed by atoms with E-state index < -0.39 is 11.7 Å². The van der Waals surface area contributed by atoms with E-state index in [1.54, 1.807) is 0 Å². The third-order valence-electron chi connectivity index (χ3n) is 5.63. The van der Waals surface area contributed by atoms with Gasteiger partial charge in [0.1, 0.15) is 6.10 Å². The first-order valence-corrected chi connectivity index (χ1v) is 9.62. The van der Waals surface area contributed by atoms with Gasteiger partial charge in [-0.1, -0.05) is 66.1 Å². The topological polar surface area (TPSA) is 38.8 Å². The van der Waals surface area contributed by atoms with E-state index in [1.807, 2.05) is 0 Å². The third-order valence-corrected chi connectivity index (χ3v) is 5.63. The highest BCUT2D eigenvalue weighted by Gasteiger charge is 2.64. The number of carbonyl (C=O) groups excluding carboxylic acids is 1. The van der Waals surface area contributed by atoms with Crippen LogP contribution in [0.5, 0.6) is 0 Å². The highest BCUT2D eigenvalue weighted by Crippen LogP contribution is 2.52. The van der Waals surface area contributed by atoms with Gasteiger partial charge in [0.15, 0.2) is 11.7 Å². The lowest BCUT2D eigenvalue weighted by Gasteiger charge is -2.22. The Bertz CT molecular complexity index is 725. The molecule has 26 heavy (non-hydrogen) atoms. The van der Waals surface area contributed by atoms with Crippen molar-refractivity contribution in [1.82, 2.24) is 0 Å². The second-order valence-corrected chi connectivity index (χ2v) is 7.66. The van der Waals surface area contributed by atoms with Gasteiger partial charge in [0.25, 0.3) is 0 Å². The Morgan fingerprint density at radius 1 is 0.885 bits per heavy atom. The second-order valence-electron chi connectivity index (χ2n) is 7.66. The minimum Gasteiger partial charge on any atom is -0.460 e. The number of carbonyl (C=O) groups is 1. The second kappa shape index (κ2) is 6.88. The first-order chi connectivity index (χ1) is 12.6. The number of rotatable bonds is 4. The summed E-state index contributed by atoms with van der Waals surface area (Å²) >= 11 is 0. The van der Waals surface area contributed by atoms with Crippen molar-refractivity contribution in [1.29, 1.82) is 0 Å². The SMILES string of the molecule is Cc1ccc(C2(c3ccc(C)cc3)OC2C(=O)OC2CCCCC2)cc1. The summed E-state index contributed by atoms with van der Waals surface area (Å²) in [5.74, 6) is -0.224. The Morgan fingerprint density at radius 3 is 1.88 bits per heavy atom. The molecule has 1 heterocycles. The number of aryl methyl sites for hydroxylation is 2. The van der Waals surface area contributed by atoms with Crippen molar-refractivity contribution in [2.45, 2.75) is 63.8 Å². The van der Waals surface area contributed by atoms with Crippen molar-refractivity contribution >= 4 is 5.97 Å². The highest BCUT2D eigenvalue weighted by molar-refractivity contribution is 5.82. The van der Waals surface area contributed by atoms with Crippen LogP contribution in [-0.2, 0) is 19.9 Å². The fourth-order valence-corrected chi connectivity index (χ4v) is 3.98. The van der Waals surface area contributed by atoms with Gasteiger partial charge in [0.2, 0.25) is 0 Å². The molecule has 0 N–H and O–H groups in total. The molecule has 1 aliphatic carbocycles. The average molecular weight is 350 g/mol. The molecule has 2 aromatic rings. The maximum Gasteiger partial charge on any atom is 0.339 e. The van der Waals surface area contributed by atoms with Gasteiger partial charge < -0.3 is 9.47 Å². The Balaban J connectivity index is 1.61. The van der Waals surface area contributed by atoms with E-state index in [-0.39, 0.29) is 12.1 Å². The molecule has 3 nitrogen and oxygen atoms in total. The number of hydrogen-bond donors (Lipinski definition) is 0. The van der Waals surface area contributed by atoms with Crippen LogP contribution in [0.2, 0.25) is 0 Å². The van der Waals surface area contributed by atoms with Crippen molar-refractivity contribution in [3.8, 4) is 0 Å². The molecule has 1 unspecified atom stereocenters. The van der Waals surface area contributed by atoms with Crippen molar-refractivity contribution in [2.75, 3.05) is 0 Å². The quantitative estimate of drug-likeness (QED) is 0.586. The predicted molar refractivity (Wildman–Crippen MR) is 101 cm³/mol. The molecule has 1 aliphatic heterocycles. The maximum absolute atomic E-state index is 12.8. The van der Waals surface area contributed by atoms with Crippen LogP contribution >= 0.6 is 0 Å². The molecular weight excluding hydrogens is 324 g/mol. The van der Waals surface area contributed by atoms with Crippen LogP contribution in [0.1, 0.15) is 54.4 Å². The van der Waals surface area contributed by atoms with Gasteiger partial charge in [-0.3, -0.25) is 0 Å². The smallest absolute Gasteiger partial charge is 0.339 e. The molecule has 0 bridgehead atoms. The van der Waals surface area contributed by atoms with E-state index >= 15 is 0 Å². The fraction of sp³-hybridized carbons (Fsp3) is 0.435. The van der Waals surface area contributed by atoms with Crippen molar-refractivity contribution in [3.63, 3.8) is 0 Å². The minimum absolute atomic E-state index is 0.0502. The zero-order valence-corrected chi connectivity index (χ0v) is 15.5. The molecule has 0 spiro atoms. The Kier molecular flexibility index (Phi) is 4.58. The summed E-state index contributed by atoms with van der Waals surface area (Å²) in [6.07, 6.45) is 4.96. The molecule has 0 radical (unpaired) electrons. The monoisotopic (exact) mass is 350 g/mol. The molecule has 2 fully saturated rings. The summed E-state index contributed by atoms with van der Waals surface area (Å²) in [6.45, 7) is 4.12. The Hall–Kier alpha value is -2.13. The van der Waals surface area contributed by atoms with Crippen LogP contribution in [-0.4, -0.2) is 18.2 Å². The molecule has 1 saturated carbocycles. The zero-order valence-electron chi connectivity index (χ0n) is 15.5. The molecule has 136 valence electrons. The van der Waals surface area contributed by atoms with E-state index in [9.17, 15) is 4.79 Å². The van der Waals surface area contributed by atoms with Gasteiger partial charge in [-0.2, -0.15) is 0 Å². The Morgan fingerprint density at radius 2 is 1.38 bits per heavy atom. The van der Waals surface area contributed by atoms with Gasteiger partial charge in [0, 0.05) is 0 Å². The van der Waals surface area contributed by atoms with E-state index in [0.717, 1.165) is 36.8 Å². The number of esters is 1. The standard InChI is InChI=1S/C23H26O3/c1-16-8-12-18(13-9-16)23(19-14-10-17(2)11-15-19)21(26-23)22(24)25-20-6-4-3-5-7-20/h8-15,20-21H,3-7H2,1-2H3. The molecule has 2 aliphatic rings. The van der Waals surface area contributed by atoms with Gasteiger partial charge in [0.05, 0.1) is 0 Å². The maximum atomic E-state index is 12.8. The summed E-state index contributed by atoms with van der Waals surface area (Å²) < 4.78 is 11.9. The molecule has 1 saturated heterocycles. The summed E-state index contributed by atoms with van der Waals surface area (Å²) in [4.78, 5) is 12.8. The van der Waals surface area contributed by atoms with E-state index in [2.05, 4.69) is 62.4 Å². The molecular formula is C23H26O3.